The number of likely N-dealkylation sites (tertiary alicyclic amines) is 1. The van der Waals surface area contributed by atoms with Gasteiger partial charge in [0.1, 0.15) is 0 Å². The van der Waals surface area contributed by atoms with Crippen molar-refractivity contribution in [1.82, 2.24) is 9.88 Å². The fourth-order valence-electron chi connectivity index (χ4n) is 2.65. The zero-order valence-corrected chi connectivity index (χ0v) is 14.8. The van der Waals surface area contributed by atoms with Gasteiger partial charge in [-0.25, -0.2) is 4.79 Å². The number of hydrogen-bond donors (Lipinski definition) is 2. The molecule has 2 aromatic rings. The standard InChI is InChI=1S/C15H16N2O2S.C2HF3O2/c18-14-3-7-17(15(19)12-4-8-20-10-12)13(14)9-11-1-5-16-6-2-11;3-2(4,5)1(6)7/h1-2,4-6,8,10,13-14,18H,3,7,9H2;(H,6,7)/t13-,14+;/m0./s1. The van der Waals surface area contributed by atoms with Gasteiger partial charge < -0.3 is 15.1 Å². The van der Waals surface area contributed by atoms with Crippen molar-refractivity contribution in [3.8, 4) is 0 Å². The lowest BCUT2D eigenvalue weighted by Gasteiger charge is -2.26. The fraction of sp³-hybridized carbons (Fsp3) is 0.353. The lowest BCUT2D eigenvalue weighted by atomic mass is 10.0. The minimum atomic E-state index is -5.08. The number of amides is 1. The average molecular weight is 402 g/mol. The maximum Gasteiger partial charge on any atom is 0.490 e. The molecule has 1 fully saturated rings. The SMILES string of the molecule is O=C(O)C(F)(F)F.O=C(c1ccsc1)N1CC[C@@H](O)[C@@H]1Cc1ccncc1. The summed E-state index contributed by atoms with van der Waals surface area (Å²) < 4.78 is 31.7. The number of carbonyl (C=O) groups is 2. The van der Waals surface area contributed by atoms with Crippen molar-refractivity contribution in [3.05, 3.63) is 52.5 Å². The van der Waals surface area contributed by atoms with Crippen molar-refractivity contribution < 1.29 is 33.0 Å². The summed E-state index contributed by atoms with van der Waals surface area (Å²) in [5, 5.41) is 21.0. The summed E-state index contributed by atoms with van der Waals surface area (Å²) in [7, 11) is 0. The molecule has 6 nitrogen and oxygen atoms in total. The number of carboxylic acid groups (broad SMARTS) is 1. The number of rotatable bonds is 3. The van der Waals surface area contributed by atoms with Crippen LogP contribution in [0.1, 0.15) is 22.3 Å². The van der Waals surface area contributed by atoms with E-state index >= 15 is 0 Å². The number of carbonyl (C=O) groups excluding carboxylic acids is 1. The molecule has 0 radical (unpaired) electrons. The molecule has 0 aromatic carbocycles. The van der Waals surface area contributed by atoms with Crippen LogP contribution < -0.4 is 0 Å². The molecule has 2 N–H and O–H groups in total. The summed E-state index contributed by atoms with van der Waals surface area (Å²) in [5.74, 6) is -2.74. The first-order valence-electron chi connectivity index (χ1n) is 7.90. The van der Waals surface area contributed by atoms with E-state index in [0.717, 1.165) is 5.56 Å². The Hall–Kier alpha value is -2.46. The van der Waals surface area contributed by atoms with Crippen LogP contribution in [0.15, 0.2) is 41.4 Å². The van der Waals surface area contributed by atoms with E-state index in [2.05, 4.69) is 4.98 Å². The van der Waals surface area contributed by atoms with Crippen LogP contribution in [0.5, 0.6) is 0 Å². The molecule has 1 aliphatic heterocycles. The highest BCUT2D eigenvalue weighted by Gasteiger charge is 2.38. The quantitative estimate of drug-likeness (QED) is 0.824. The van der Waals surface area contributed by atoms with Gasteiger partial charge in [0.2, 0.25) is 0 Å². The summed E-state index contributed by atoms with van der Waals surface area (Å²) in [6.45, 7) is 0.617. The third-order valence-electron chi connectivity index (χ3n) is 3.98. The number of halogens is 3. The van der Waals surface area contributed by atoms with Gasteiger partial charge in [-0.15, -0.1) is 0 Å². The van der Waals surface area contributed by atoms with Crippen LogP contribution in [0.3, 0.4) is 0 Å². The molecule has 2 aromatic heterocycles. The van der Waals surface area contributed by atoms with E-state index in [-0.39, 0.29) is 11.9 Å². The van der Waals surface area contributed by atoms with Gasteiger partial charge in [0.05, 0.1) is 17.7 Å². The normalized spacial score (nSPS) is 19.3. The number of thiophene rings is 1. The first-order chi connectivity index (χ1) is 12.7. The van der Waals surface area contributed by atoms with E-state index in [1.165, 1.54) is 11.3 Å². The van der Waals surface area contributed by atoms with E-state index in [0.29, 0.717) is 24.9 Å². The molecule has 1 aliphatic rings. The Morgan fingerprint density at radius 1 is 1.26 bits per heavy atom. The predicted molar refractivity (Wildman–Crippen MR) is 91.4 cm³/mol. The second kappa shape index (κ2) is 8.96. The molecule has 0 aliphatic carbocycles. The van der Waals surface area contributed by atoms with Crippen LogP contribution in [0.2, 0.25) is 0 Å². The highest BCUT2D eigenvalue weighted by Crippen LogP contribution is 2.24. The number of aromatic nitrogens is 1. The maximum atomic E-state index is 12.5. The average Bonchev–Trinajstić information content (AvgIpc) is 3.26. The predicted octanol–water partition coefficient (Wildman–Crippen LogP) is 2.59. The number of alkyl halides is 3. The van der Waals surface area contributed by atoms with Crippen molar-refractivity contribution in [3.63, 3.8) is 0 Å². The number of hydrogen-bond acceptors (Lipinski definition) is 5. The largest absolute Gasteiger partial charge is 0.490 e. The van der Waals surface area contributed by atoms with Gasteiger partial charge in [-0.2, -0.15) is 24.5 Å². The molecule has 0 saturated carbocycles. The molecule has 2 atom stereocenters. The number of nitrogens with zero attached hydrogens (tertiary/aromatic N) is 2. The molecular formula is C17H17F3N2O4S. The highest BCUT2D eigenvalue weighted by atomic mass is 32.1. The summed E-state index contributed by atoms with van der Waals surface area (Å²) in [4.78, 5) is 27.2. The number of carboxylic acids is 1. The Kier molecular flexibility index (Phi) is 6.92. The Morgan fingerprint density at radius 3 is 2.41 bits per heavy atom. The summed E-state index contributed by atoms with van der Waals surface area (Å²) in [6.07, 6.45) is -0.750. The van der Waals surface area contributed by atoms with Gasteiger partial charge >= 0.3 is 12.1 Å². The third kappa shape index (κ3) is 5.76. The second-order valence-corrected chi connectivity index (χ2v) is 6.58. The van der Waals surface area contributed by atoms with E-state index in [1.807, 2.05) is 29.0 Å². The molecule has 1 amide bonds. The topological polar surface area (TPSA) is 90.7 Å². The van der Waals surface area contributed by atoms with Gasteiger partial charge in [-0.3, -0.25) is 9.78 Å². The Labute approximate surface area is 156 Å². The Balaban J connectivity index is 0.000000321. The molecule has 3 heterocycles. The van der Waals surface area contributed by atoms with Crippen LogP contribution >= 0.6 is 11.3 Å². The maximum absolute atomic E-state index is 12.5. The van der Waals surface area contributed by atoms with Crippen molar-refractivity contribution in [2.24, 2.45) is 0 Å². The van der Waals surface area contributed by atoms with Crippen molar-refractivity contribution >= 4 is 23.2 Å². The van der Waals surface area contributed by atoms with Gasteiger partial charge in [0, 0.05) is 24.3 Å². The van der Waals surface area contributed by atoms with Crippen LogP contribution in [0.25, 0.3) is 0 Å². The van der Waals surface area contributed by atoms with Crippen LogP contribution in [-0.2, 0) is 11.2 Å². The van der Waals surface area contributed by atoms with Crippen LogP contribution in [0, 0.1) is 0 Å². The van der Waals surface area contributed by atoms with E-state index in [4.69, 9.17) is 9.90 Å². The minimum Gasteiger partial charge on any atom is -0.475 e. The van der Waals surface area contributed by atoms with Crippen molar-refractivity contribution in [2.75, 3.05) is 6.54 Å². The Bertz CT molecular complexity index is 753. The molecule has 0 bridgehead atoms. The smallest absolute Gasteiger partial charge is 0.475 e. The van der Waals surface area contributed by atoms with E-state index in [1.54, 1.807) is 17.3 Å². The van der Waals surface area contributed by atoms with E-state index in [9.17, 15) is 23.1 Å². The monoisotopic (exact) mass is 402 g/mol. The molecular weight excluding hydrogens is 385 g/mol. The van der Waals surface area contributed by atoms with Gasteiger partial charge in [-0.1, -0.05) is 0 Å². The van der Waals surface area contributed by atoms with Crippen molar-refractivity contribution in [2.45, 2.75) is 31.2 Å². The molecule has 3 rings (SSSR count). The first kappa shape index (κ1) is 20.8. The first-order valence-corrected chi connectivity index (χ1v) is 8.84. The lowest BCUT2D eigenvalue weighted by molar-refractivity contribution is -0.192. The highest BCUT2D eigenvalue weighted by molar-refractivity contribution is 7.08. The zero-order valence-electron chi connectivity index (χ0n) is 14.0. The van der Waals surface area contributed by atoms with Gasteiger partial charge in [0.25, 0.3) is 5.91 Å². The molecule has 10 heteroatoms. The number of pyridine rings is 1. The van der Waals surface area contributed by atoms with E-state index < -0.39 is 18.2 Å². The summed E-state index contributed by atoms with van der Waals surface area (Å²) >= 11 is 1.51. The van der Waals surface area contributed by atoms with Gasteiger partial charge in [-0.05, 0) is 42.0 Å². The summed E-state index contributed by atoms with van der Waals surface area (Å²) in [5.41, 5.74) is 1.80. The minimum absolute atomic E-state index is 0.0156. The second-order valence-electron chi connectivity index (χ2n) is 5.80. The molecule has 0 spiro atoms. The third-order valence-corrected chi connectivity index (χ3v) is 4.66. The number of aliphatic hydroxyl groups excluding tert-OH is 1. The van der Waals surface area contributed by atoms with Crippen LogP contribution in [0.4, 0.5) is 13.2 Å². The molecule has 0 unspecified atom stereocenters. The zero-order chi connectivity index (χ0) is 20.0. The molecule has 1 saturated heterocycles. The van der Waals surface area contributed by atoms with Crippen LogP contribution in [-0.4, -0.2) is 56.8 Å². The lowest BCUT2D eigenvalue weighted by Crippen LogP contribution is -2.41. The number of aliphatic hydroxyl groups is 1. The molecule has 146 valence electrons. The summed E-state index contributed by atoms with van der Waals surface area (Å²) in [6, 6.07) is 5.54. The fourth-order valence-corrected chi connectivity index (χ4v) is 3.28. The Morgan fingerprint density at radius 2 is 1.89 bits per heavy atom. The van der Waals surface area contributed by atoms with Gasteiger partial charge in [0.15, 0.2) is 0 Å². The van der Waals surface area contributed by atoms with Crippen molar-refractivity contribution in [1.29, 1.82) is 0 Å². The number of aliphatic carboxylic acids is 1. The molecule has 27 heavy (non-hydrogen) atoms.